The molecule has 8 nitrogen and oxygen atoms in total. The Morgan fingerprint density at radius 1 is 1.17 bits per heavy atom. The fourth-order valence-electron chi connectivity index (χ4n) is 1.80. The maximum absolute atomic E-state index is 12.2. The lowest BCUT2D eigenvalue weighted by Crippen LogP contribution is -2.45. The van der Waals surface area contributed by atoms with Crippen molar-refractivity contribution in [2.75, 3.05) is 5.32 Å². The number of urea groups is 1. The van der Waals surface area contributed by atoms with Crippen molar-refractivity contribution in [3.05, 3.63) is 29.8 Å². The summed E-state index contributed by atoms with van der Waals surface area (Å²) in [5.41, 5.74) is 5.47. The summed E-state index contributed by atoms with van der Waals surface area (Å²) in [5, 5.41) is 4.42. The van der Waals surface area contributed by atoms with Gasteiger partial charge >= 0.3 is 12.0 Å². The molecular formula is C15H19N3O5. The molecule has 1 rings (SSSR count). The molecule has 1 unspecified atom stereocenters. The van der Waals surface area contributed by atoms with Crippen molar-refractivity contribution < 1.29 is 23.9 Å². The number of hydrogen-bond donors (Lipinski definition) is 3. The van der Waals surface area contributed by atoms with Crippen LogP contribution in [0.2, 0.25) is 0 Å². The third kappa shape index (κ3) is 5.77. The number of nitrogens with one attached hydrogen (secondary N) is 2. The molecule has 0 aliphatic heterocycles. The van der Waals surface area contributed by atoms with Gasteiger partial charge in [-0.1, -0.05) is 19.9 Å². The number of amides is 4. The molecule has 4 N–H and O–H groups in total. The smallest absolute Gasteiger partial charge is 0.338 e. The van der Waals surface area contributed by atoms with Crippen molar-refractivity contribution >= 4 is 29.5 Å². The van der Waals surface area contributed by atoms with Crippen LogP contribution in [0.5, 0.6) is 0 Å². The maximum Gasteiger partial charge on any atom is 0.338 e. The largest absolute Gasteiger partial charge is 0.448 e. The van der Waals surface area contributed by atoms with Gasteiger partial charge < -0.3 is 15.8 Å². The molecule has 0 aromatic heterocycles. The molecule has 124 valence electrons. The zero-order chi connectivity index (χ0) is 17.6. The fourth-order valence-corrected chi connectivity index (χ4v) is 1.80. The van der Waals surface area contributed by atoms with E-state index in [9.17, 15) is 19.2 Å². The number of imide groups is 1. The zero-order valence-electron chi connectivity index (χ0n) is 13.1. The Bertz CT molecular complexity index is 627. The minimum atomic E-state index is -1.17. The van der Waals surface area contributed by atoms with Crippen LogP contribution in [0.3, 0.4) is 0 Å². The third-order valence-corrected chi connectivity index (χ3v) is 2.76. The van der Waals surface area contributed by atoms with Gasteiger partial charge in [-0.05, 0) is 24.1 Å². The first-order valence-electron chi connectivity index (χ1n) is 6.89. The first kappa shape index (κ1) is 18.1. The van der Waals surface area contributed by atoms with Crippen LogP contribution >= 0.6 is 0 Å². The van der Waals surface area contributed by atoms with Gasteiger partial charge in [-0.2, -0.15) is 0 Å². The normalized spacial score (nSPS) is 11.5. The quantitative estimate of drug-likeness (QED) is 0.698. The van der Waals surface area contributed by atoms with E-state index in [1.807, 2.05) is 5.32 Å². The SMILES string of the molecule is CC(=O)Nc1cccc(C(=O)OC(C(=O)NC(N)=O)C(C)C)c1. The fraction of sp³-hybridized carbons (Fsp3) is 0.333. The molecule has 0 fully saturated rings. The predicted octanol–water partition coefficient (Wildman–Crippen LogP) is 1.02. The summed E-state index contributed by atoms with van der Waals surface area (Å²) in [6.07, 6.45) is -1.17. The van der Waals surface area contributed by atoms with E-state index in [4.69, 9.17) is 10.5 Å². The molecule has 0 saturated heterocycles. The van der Waals surface area contributed by atoms with Gasteiger partial charge in [0.1, 0.15) is 0 Å². The van der Waals surface area contributed by atoms with Gasteiger partial charge in [0.05, 0.1) is 5.56 Å². The van der Waals surface area contributed by atoms with E-state index in [1.165, 1.54) is 19.1 Å². The van der Waals surface area contributed by atoms with E-state index in [0.717, 1.165) is 0 Å². The Hall–Kier alpha value is -2.90. The van der Waals surface area contributed by atoms with E-state index in [0.29, 0.717) is 5.69 Å². The monoisotopic (exact) mass is 321 g/mol. The summed E-state index contributed by atoms with van der Waals surface area (Å²) >= 11 is 0. The Balaban J connectivity index is 2.88. The summed E-state index contributed by atoms with van der Waals surface area (Å²) in [4.78, 5) is 45.8. The van der Waals surface area contributed by atoms with E-state index in [-0.39, 0.29) is 17.4 Å². The first-order valence-corrected chi connectivity index (χ1v) is 6.89. The molecule has 1 aromatic rings. The highest BCUT2D eigenvalue weighted by atomic mass is 16.5. The van der Waals surface area contributed by atoms with Crippen molar-refractivity contribution in [2.45, 2.75) is 26.9 Å². The molecule has 4 amide bonds. The average molecular weight is 321 g/mol. The number of benzene rings is 1. The number of anilines is 1. The van der Waals surface area contributed by atoms with Gasteiger partial charge in [0.15, 0.2) is 6.10 Å². The zero-order valence-corrected chi connectivity index (χ0v) is 13.1. The Kier molecular flexibility index (Phi) is 6.25. The molecule has 0 radical (unpaired) electrons. The lowest BCUT2D eigenvalue weighted by Gasteiger charge is -2.20. The minimum absolute atomic E-state index is 0.161. The van der Waals surface area contributed by atoms with Crippen molar-refractivity contribution in [1.29, 1.82) is 0 Å². The molecule has 1 atom stereocenters. The van der Waals surface area contributed by atoms with Crippen LogP contribution in [0, 0.1) is 5.92 Å². The number of ether oxygens (including phenoxy) is 1. The summed E-state index contributed by atoms with van der Waals surface area (Å²) in [7, 11) is 0. The molecule has 0 saturated carbocycles. The van der Waals surface area contributed by atoms with Crippen LogP contribution in [-0.2, 0) is 14.3 Å². The molecule has 23 heavy (non-hydrogen) atoms. The molecule has 1 aromatic carbocycles. The summed E-state index contributed by atoms with van der Waals surface area (Å²) in [5.74, 6) is -2.19. The van der Waals surface area contributed by atoms with Crippen molar-refractivity contribution in [2.24, 2.45) is 11.7 Å². The first-order chi connectivity index (χ1) is 10.7. The van der Waals surface area contributed by atoms with E-state index in [2.05, 4.69) is 5.32 Å². The van der Waals surface area contributed by atoms with Crippen LogP contribution in [0.25, 0.3) is 0 Å². The summed E-state index contributed by atoms with van der Waals surface area (Å²) in [6, 6.07) is 5.06. The highest BCUT2D eigenvalue weighted by molar-refractivity contribution is 5.99. The highest BCUT2D eigenvalue weighted by Crippen LogP contribution is 2.15. The Morgan fingerprint density at radius 3 is 2.35 bits per heavy atom. The van der Waals surface area contributed by atoms with Crippen LogP contribution in [0.4, 0.5) is 10.5 Å². The Morgan fingerprint density at radius 2 is 1.83 bits per heavy atom. The van der Waals surface area contributed by atoms with Gasteiger partial charge in [0.2, 0.25) is 5.91 Å². The third-order valence-electron chi connectivity index (χ3n) is 2.76. The standard InChI is InChI=1S/C15H19N3O5/c1-8(2)12(13(20)18-15(16)22)23-14(21)10-5-4-6-11(7-10)17-9(3)19/h4-8,12H,1-3H3,(H,17,19)(H3,16,18,20,22). The number of esters is 1. The lowest BCUT2D eigenvalue weighted by molar-refractivity contribution is -0.130. The second kappa shape index (κ2) is 7.92. The van der Waals surface area contributed by atoms with Gasteiger partial charge in [-0.3, -0.25) is 14.9 Å². The molecule has 0 aliphatic rings. The molecule has 0 spiro atoms. The average Bonchev–Trinajstić information content (AvgIpc) is 2.42. The number of carbonyl (C=O) groups excluding carboxylic acids is 4. The highest BCUT2D eigenvalue weighted by Gasteiger charge is 2.27. The summed E-state index contributed by atoms with van der Waals surface area (Å²) < 4.78 is 5.15. The van der Waals surface area contributed by atoms with Gasteiger partial charge in [-0.15, -0.1) is 0 Å². The topological polar surface area (TPSA) is 128 Å². The lowest BCUT2D eigenvalue weighted by atomic mass is 10.1. The number of rotatable bonds is 5. The van der Waals surface area contributed by atoms with Crippen LogP contribution in [0.1, 0.15) is 31.1 Å². The minimum Gasteiger partial charge on any atom is -0.448 e. The van der Waals surface area contributed by atoms with Crippen LogP contribution in [0.15, 0.2) is 24.3 Å². The molecular weight excluding hydrogens is 302 g/mol. The molecule has 8 heteroatoms. The molecule has 0 heterocycles. The van der Waals surface area contributed by atoms with Crippen LogP contribution in [-0.4, -0.2) is 29.9 Å². The number of carbonyl (C=O) groups is 4. The van der Waals surface area contributed by atoms with Gasteiger partial charge in [-0.25, -0.2) is 9.59 Å². The number of hydrogen-bond acceptors (Lipinski definition) is 5. The summed E-state index contributed by atoms with van der Waals surface area (Å²) in [6.45, 7) is 4.66. The second-order valence-corrected chi connectivity index (χ2v) is 5.19. The van der Waals surface area contributed by atoms with Crippen LogP contribution < -0.4 is 16.4 Å². The molecule has 0 aliphatic carbocycles. The van der Waals surface area contributed by atoms with Gasteiger partial charge in [0.25, 0.3) is 5.91 Å². The maximum atomic E-state index is 12.2. The number of nitrogens with two attached hydrogens (primary N) is 1. The van der Waals surface area contributed by atoms with E-state index < -0.39 is 24.0 Å². The van der Waals surface area contributed by atoms with Gasteiger partial charge in [0, 0.05) is 12.6 Å². The van der Waals surface area contributed by atoms with E-state index in [1.54, 1.807) is 26.0 Å². The van der Waals surface area contributed by atoms with E-state index >= 15 is 0 Å². The van der Waals surface area contributed by atoms with Crippen molar-refractivity contribution in [3.8, 4) is 0 Å². The Labute approximate surface area is 133 Å². The van der Waals surface area contributed by atoms with Crippen molar-refractivity contribution in [1.82, 2.24) is 5.32 Å². The number of primary amides is 1. The molecule has 0 bridgehead atoms. The predicted molar refractivity (Wildman–Crippen MR) is 82.5 cm³/mol. The van der Waals surface area contributed by atoms with Crippen molar-refractivity contribution in [3.63, 3.8) is 0 Å². The second-order valence-electron chi connectivity index (χ2n) is 5.19.